The molecule has 1 rings (SSSR count). The van der Waals surface area contributed by atoms with Crippen molar-refractivity contribution in [3.05, 3.63) is 17.5 Å². The zero-order valence-electron chi connectivity index (χ0n) is 6.83. The molecule has 0 aliphatic carbocycles. The lowest BCUT2D eigenvalue weighted by molar-refractivity contribution is 0.0942. The second kappa shape index (κ2) is 3.85. The second-order valence-electron chi connectivity index (χ2n) is 2.24. The van der Waals surface area contributed by atoms with Gasteiger partial charge in [0.2, 0.25) is 0 Å². The first-order valence-electron chi connectivity index (χ1n) is 3.38. The van der Waals surface area contributed by atoms with E-state index in [4.69, 9.17) is 5.73 Å². The van der Waals surface area contributed by atoms with E-state index in [9.17, 15) is 4.79 Å². The van der Waals surface area contributed by atoms with Crippen LogP contribution in [0.3, 0.4) is 0 Å². The molecule has 0 aliphatic rings. The van der Waals surface area contributed by atoms with Crippen molar-refractivity contribution in [3.8, 4) is 0 Å². The molecule has 6 nitrogen and oxygen atoms in total. The molecular weight excluding hydrogens is 192 g/mol. The number of thiocarbonyl (C=S) groups is 1. The zero-order valence-corrected chi connectivity index (χ0v) is 7.64. The number of aryl methyl sites for hydroxylation is 1. The summed E-state index contributed by atoms with van der Waals surface area (Å²) >= 11 is 4.49. The fourth-order valence-corrected chi connectivity index (χ4v) is 0.753. The molecule has 0 radical (unpaired) electrons. The van der Waals surface area contributed by atoms with Crippen LogP contribution in [-0.2, 0) is 0 Å². The summed E-state index contributed by atoms with van der Waals surface area (Å²) in [6.07, 6.45) is 1.31. The van der Waals surface area contributed by atoms with Gasteiger partial charge in [-0.1, -0.05) is 5.16 Å². The number of carbonyl (C=O) groups is 1. The minimum atomic E-state index is -0.397. The fraction of sp³-hybridized carbons (Fsp3) is 0.167. The third-order valence-electron chi connectivity index (χ3n) is 1.29. The van der Waals surface area contributed by atoms with E-state index in [0.29, 0.717) is 11.3 Å². The Balaban J connectivity index is 2.59. The lowest BCUT2D eigenvalue weighted by Crippen LogP contribution is -2.44. The standard InChI is InChI=1S/C6H8N4O2S/c1-3-4(2-8-12-3)5(11)9-10-6(7)13/h2H,1H3,(H,9,11)(H3,7,10,13). The summed E-state index contributed by atoms with van der Waals surface area (Å²) in [7, 11) is 0. The van der Waals surface area contributed by atoms with Crippen LogP contribution in [0.1, 0.15) is 16.1 Å². The number of hydrogen-bond acceptors (Lipinski definition) is 4. The molecule has 0 atom stereocenters. The van der Waals surface area contributed by atoms with Gasteiger partial charge in [-0.3, -0.25) is 15.6 Å². The Kier molecular flexibility index (Phi) is 2.80. The summed E-state index contributed by atoms with van der Waals surface area (Å²) in [5, 5.41) is 3.43. The lowest BCUT2D eigenvalue weighted by atomic mass is 10.3. The maximum Gasteiger partial charge on any atom is 0.274 e. The molecule has 7 heteroatoms. The predicted octanol–water partition coefficient (Wildman–Crippen LogP) is -0.539. The lowest BCUT2D eigenvalue weighted by Gasteiger charge is -2.03. The molecule has 4 N–H and O–H groups in total. The second-order valence-corrected chi connectivity index (χ2v) is 2.68. The highest BCUT2D eigenvalue weighted by Crippen LogP contribution is 2.04. The molecule has 1 heterocycles. The van der Waals surface area contributed by atoms with Gasteiger partial charge in [0.25, 0.3) is 5.91 Å². The van der Waals surface area contributed by atoms with Crippen molar-refractivity contribution in [1.82, 2.24) is 16.0 Å². The van der Waals surface area contributed by atoms with E-state index < -0.39 is 5.91 Å². The van der Waals surface area contributed by atoms with Gasteiger partial charge in [0.05, 0.1) is 6.20 Å². The predicted molar refractivity (Wildman–Crippen MR) is 48.6 cm³/mol. The molecule has 70 valence electrons. The number of nitrogens with one attached hydrogen (secondary N) is 2. The highest BCUT2D eigenvalue weighted by Gasteiger charge is 2.11. The van der Waals surface area contributed by atoms with Crippen molar-refractivity contribution >= 4 is 23.2 Å². The molecule has 0 unspecified atom stereocenters. The molecule has 0 fully saturated rings. The van der Waals surface area contributed by atoms with Crippen molar-refractivity contribution in [2.75, 3.05) is 0 Å². The Bertz CT molecular complexity index is 335. The highest BCUT2D eigenvalue weighted by molar-refractivity contribution is 7.80. The number of carbonyl (C=O) groups excluding carboxylic acids is 1. The van der Waals surface area contributed by atoms with Gasteiger partial charge < -0.3 is 10.3 Å². The summed E-state index contributed by atoms with van der Waals surface area (Å²) in [6.45, 7) is 1.63. The van der Waals surface area contributed by atoms with Gasteiger partial charge in [-0.2, -0.15) is 0 Å². The Morgan fingerprint density at radius 1 is 1.69 bits per heavy atom. The van der Waals surface area contributed by atoms with Gasteiger partial charge in [-0.15, -0.1) is 0 Å². The number of amides is 1. The van der Waals surface area contributed by atoms with Crippen LogP contribution in [0.15, 0.2) is 10.7 Å². The average molecular weight is 200 g/mol. The molecule has 0 saturated heterocycles. The fourth-order valence-electron chi connectivity index (χ4n) is 0.702. The van der Waals surface area contributed by atoms with E-state index in [-0.39, 0.29) is 5.11 Å². The van der Waals surface area contributed by atoms with Crippen LogP contribution in [0.2, 0.25) is 0 Å². The first kappa shape index (κ1) is 9.46. The molecule has 13 heavy (non-hydrogen) atoms. The maximum atomic E-state index is 11.2. The largest absolute Gasteiger partial charge is 0.375 e. The molecule has 1 aromatic heterocycles. The van der Waals surface area contributed by atoms with Gasteiger partial charge in [-0.05, 0) is 19.1 Å². The van der Waals surface area contributed by atoms with Crippen molar-refractivity contribution < 1.29 is 9.32 Å². The Labute approximate surface area is 79.4 Å². The van der Waals surface area contributed by atoms with Crippen molar-refractivity contribution in [2.45, 2.75) is 6.92 Å². The third kappa shape index (κ3) is 2.41. The minimum absolute atomic E-state index is 0.0116. The number of nitrogens with zero attached hydrogens (tertiary/aromatic N) is 1. The number of hydrazine groups is 1. The molecule has 0 aromatic carbocycles. The van der Waals surface area contributed by atoms with Crippen molar-refractivity contribution in [3.63, 3.8) is 0 Å². The van der Waals surface area contributed by atoms with Crippen LogP contribution in [0.4, 0.5) is 0 Å². The molecule has 1 aromatic rings. The monoisotopic (exact) mass is 200 g/mol. The third-order valence-corrected chi connectivity index (χ3v) is 1.40. The topological polar surface area (TPSA) is 93.2 Å². The Morgan fingerprint density at radius 3 is 2.85 bits per heavy atom. The smallest absolute Gasteiger partial charge is 0.274 e. The first-order chi connectivity index (χ1) is 6.11. The normalized spacial score (nSPS) is 9.31. The van der Waals surface area contributed by atoms with Crippen LogP contribution in [0.25, 0.3) is 0 Å². The average Bonchev–Trinajstić information content (AvgIpc) is 2.47. The van der Waals surface area contributed by atoms with Crippen molar-refractivity contribution in [2.24, 2.45) is 5.73 Å². The van der Waals surface area contributed by atoms with E-state index in [1.54, 1.807) is 6.92 Å². The van der Waals surface area contributed by atoms with E-state index >= 15 is 0 Å². The molecule has 0 aliphatic heterocycles. The van der Waals surface area contributed by atoms with E-state index in [0.717, 1.165) is 0 Å². The summed E-state index contributed by atoms with van der Waals surface area (Å²) in [5.41, 5.74) is 10.0. The molecule has 0 bridgehead atoms. The first-order valence-corrected chi connectivity index (χ1v) is 3.79. The maximum absolute atomic E-state index is 11.2. The quantitative estimate of drug-likeness (QED) is 0.416. The highest BCUT2D eigenvalue weighted by atomic mass is 32.1. The zero-order chi connectivity index (χ0) is 9.84. The van der Waals surface area contributed by atoms with E-state index in [1.807, 2.05) is 0 Å². The van der Waals surface area contributed by atoms with Gasteiger partial charge in [0.1, 0.15) is 11.3 Å². The van der Waals surface area contributed by atoms with E-state index in [2.05, 4.69) is 32.7 Å². The van der Waals surface area contributed by atoms with Crippen LogP contribution < -0.4 is 16.6 Å². The summed E-state index contributed by atoms with van der Waals surface area (Å²) in [6, 6.07) is 0. The van der Waals surface area contributed by atoms with Crippen LogP contribution >= 0.6 is 12.2 Å². The molecule has 0 spiro atoms. The van der Waals surface area contributed by atoms with Gasteiger partial charge >= 0.3 is 0 Å². The minimum Gasteiger partial charge on any atom is -0.375 e. The number of rotatable bonds is 1. The number of aromatic nitrogens is 1. The Morgan fingerprint density at radius 2 is 2.38 bits per heavy atom. The van der Waals surface area contributed by atoms with Crippen LogP contribution in [0, 0.1) is 6.92 Å². The molecular formula is C6H8N4O2S. The molecule has 1 amide bonds. The number of hydrogen-bond donors (Lipinski definition) is 3. The summed E-state index contributed by atoms with van der Waals surface area (Å²) < 4.78 is 4.69. The Hall–Kier alpha value is -1.63. The summed E-state index contributed by atoms with van der Waals surface area (Å²) in [4.78, 5) is 11.2. The summed E-state index contributed by atoms with van der Waals surface area (Å²) in [5.74, 6) is 0.0359. The van der Waals surface area contributed by atoms with Gasteiger partial charge in [-0.25, -0.2) is 0 Å². The van der Waals surface area contributed by atoms with Crippen LogP contribution in [0.5, 0.6) is 0 Å². The van der Waals surface area contributed by atoms with Crippen molar-refractivity contribution in [1.29, 1.82) is 0 Å². The SMILES string of the molecule is Cc1oncc1C(=O)NNC(N)=S. The molecule has 0 saturated carbocycles. The number of nitrogens with two attached hydrogens (primary N) is 1. The van der Waals surface area contributed by atoms with Crippen LogP contribution in [-0.4, -0.2) is 16.2 Å². The van der Waals surface area contributed by atoms with Gasteiger partial charge in [0, 0.05) is 0 Å². The van der Waals surface area contributed by atoms with E-state index in [1.165, 1.54) is 6.20 Å². The van der Waals surface area contributed by atoms with Gasteiger partial charge in [0.15, 0.2) is 5.11 Å².